The SMILES string of the molecule is CCc1ccc(C(=O)N2CCOCC2C(=O)OC)o1. The topological polar surface area (TPSA) is 69.0 Å². The van der Waals surface area contributed by atoms with E-state index in [9.17, 15) is 9.59 Å². The summed E-state index contributed by atoms with van der Waals surface area (Å²) in [6, 6.07) is 2.69. The van der Waals surface area contributed by atoms with Crippen LogP contribution in [0.25, 0.3) is 0 Å². The highest BCUT2D eigenvalue weighted by Gasteiger charge is 2.35. The molecule has 0 N–H and O–H groups in total. The fourth-order valence-corrected chi connectivity index (χ4v) is 2.00. The lowest BCUT2D eigenvalue weighted by molar-refractivity contribution is -0.151. The molecule has 1 aromatic rings. The van der Waals surface area contributed by atoms with E-state index in [0.29, 0.717) is 13.2 Å². The predicted octanol–water partition coefficient (Wildman–Crippen LogP) is 0.856. The Morgan fingerprint density at radius 1 is 1.47 bits per heavy atom. The molecule has 2 rings (SSSR count). The normalized spacial score (nSPS) is 19.3. The number of rotatable bonds is 3. The van der Waals surface area contributed by atoms with Crippen molar-refractivity contribution in [2.75, 3.05) is 26.9 Å². The number of carbonyl (C=O) groups excluding carboxylic acids is 2. The molecule has 104 valence electrons. The molecule has 1 unspecified atom stereocenters. The molecule has 1 fully saturated rings. The number of hydrogen-bond acceptors (Lipinski definition) is 5. The van der Waals surface area contributed by atoms with Crippen molar-refractivity contribution >= 4 is 11.9 Å². The quantitative estimate of drug-likeness (QED) is 0.760. The Bertz CT molecular complexity index is 467. The highest BCUT2D eigenvalue weighted by atomic mass is 16.5. The van der Waals surface area contributed by atoms with Gasteiger partial charge in [-0.3, -0.25) is 4.79 Å². The highest BCUT2D eigenvalue weighted by Crippen LogP contribution is 2.16. The Kier molecular flexibility index (Phi) is 4.21. The Hall–Kier alpha value is -1.82. The van der Waals surface area contributed by atoms with Crippen LogP contribution in [0.15, 0.2) is 16.5 Å². The summed E-state index contributed by atoms with van der Waals surface area (Å²) in [6.45, 7) is 2.85. The number of furan rings is 1. The summed E-state index contributed by atoms with van der Waals surface area (Å²) in [6.07, 6.45) is 0.719. The first-order valence-corrected chi connectivity index (χ1v) is 6.22. The number of morpholine rings is 1. The molecule has 0 aromatic carbocycles. The van der Waals surface area contributed by atoms with E-state index >= 15 is 0 Å². The summed E-state index contributed by atoms with van der Waals surface area (Å²) < 4.78 is 15.3. The minimum absolute atomic E-state index is 0.153. The largest absolute Gasteiger partial charge is 0.467 e. The Balaban J connectivity index is 2.17. The van der Waals surface area contributed by atoms with Gasteiger partial charge < -0.3 is 18.8 Å². The maximum absolute atomic E-state index is 12.3. The summed E-state index contributed by atoms with van der Waals surface area (Å²) in [4.78, 5) is 25.4. The van der Waals surface area contributed by atoms with Gasteiger partial charge in [-0.05, 0) is 12.1 Å². The van der Waals surface area contributed by atoms with Crippen molar-refractivity contribution in [3.8, 4) is 0 Å². The molecular weight excluding hydrogens is 250 g/mol. The monoisotopic (exact) mass is 267 g/mol. The van der Waals surface area contributed by atoms with Crippen LogP contribution in [0.5, 0.6) is 0 Å². The lowest BCUT2D eigenvalue weighted by Gasteiger charge is -2.32. The second-order valence-electron chi connectivity index (χ2n) is 4.23. The molecule has 1 aliphatic heterocycles. The molecule has 0 radical (unpaired) electrons. The van der Waals surface area contributed by atoms with Crippen LogP contribution in [0.2, 0.25) is 0 Å². The van der Waals surface area contributed by atoms with Crippen LogP contribution in [0.1, 0.15) is 23.2 Å². The van der Waals surface area contributed by atoms with Crippen LogP contribution in [0.3, 0.4) is 0 Å². The zero-order valence-electron chi connectivity index (χ0n) is 11.0. The number of aryl methyl sites for hydroxylation is 1. The van der Waals surface area contributed by atoms with Crippen LogP contribution >= 0.6 is 0 Å². The predicted molar refractivity (Wildman–Crippen MR) is 65.7 cm³/mol. The molecule has 0 saturated carbocycles. The number of nitrogens with zero attached hydrogens (tertiary/aromatic N) is 1. The first-order valence-electron chi connectivity index (χ1n) is 6.22. The second kappa shape index (κ2) is 5.88. The van der Waals surface area contributed by atoms with Gasteiger partial charge >= 0.3 is 5.97 Å². The summed E-state index contributed by atoms with van der Waals surface area (Å²) in [5.74, 6) is 0.201. The summed E-state index contributed by atoms with van der Waals surface area (Å²) >= 11 is 0. The van der Waals surface area contributed by atoms with E-state index in [1.54, 1.807) is 12.1 Å². The lowest BCUT2D eigenvalue weighted by Crippen LogP contribution is -2.52. The average molecular weight is 267 g/mol. The molecule has 6 heteroatoms. The molecule has 1 aliphatic rings. The van der Waals surface area contributed by atoms with Crippen molar-refractivity contribution in [3.63, 3.8) is 0 Å². The van der Waals surface area contributed by atoms with Crippen molar-refractivity contribution in [2.24, 2.45) is 0 Å². The fraction of sp³-hybridized carbons (Fsp3) is 0.538. The summed E-state index contributed by atoms with van der Waals surface area (Å²) in [5, 5.41) is 0. The molecule has 0 spiro atoms. The van der Waals surface area contributed by atoms with Gasteiger partial charge in [0.25, 0.3) is 5.91 Å². The zero-order chi connectivity index (χ0) is 13.8. The van der Waals surface area contributed by atoms with Crippen molar-refractivity contribution in [3.05, 3.63) is 23.7 Å². The highest BCUT2D eigenvalue weighted by molar-refractivity contribution is 5.94. The van der Waals surface area contributed by atoms with Crippen molar-refractivity contribution < 1.29 is 23.5 Å². The molecule has 1 saturated heterocycles. The van der Waals surface area contributed by atoms with Gasteiger partial charge in [0.1, 0.15) is 5.76 Å². The van der Waals surface area contributed by atoms with Crippen molar-refractivity contribution in [1.82, 2.24) is 4.90 Å². The number of methoxy groups -OCH3 is 1. The van der Waals surface area contributed by atoms with E-state index in [1.165, 1.54) is 12.0 Å². The number of hydrogen-bond donors (Lipinski definition) is 0. The maximum atomic E-state index is 12.3. The minimum atomic E-state index is -0.707. The molecule has 1 aromatic heterocycles. The average Bonchev–Trinajstić information content (AvgIpc) is 2.94. The van der Waals surface area contributed by atoms with E-state index in [2.05, 4.69) is 4.74 Å². The van der Waals surface area contributed by atoms with Crippen molar-refractivity contribution in [2.45, 2.75) is 19.4 Å². The number of esters is 1. The molecule has 6 nitrogen and oxygen atoms in total. The smallest absolute Gasteiger partial charge is 0.331 e. The van der Waals surface area contributed by atoms with Crippen LogP contribution in [0.4, 0.5) is 0 Å². The molecule has 1 atom stereocenters. The Morgan fingerprint density at radius 3 is 2.89 bits per heavy atom. The van der Waals surface area contributed by atoms with Gasteiger partial charge in [0.05, 0.1) is 20.3 Å². The van der Waals surface area contributed by atoms with E-state index in [-0.39, 0.29) is 18.3 Å². The number of carbonyl (C=O) groups is 2. The van der Waals surface area contributed by atoms with Crippen LogP contribution in [-0.2, 0) is 20.7 Å². The second-order valence-corrected chi connectivity index (χ2v) is 4.23. The van der Waals surface area contributed by atoms with E-state index in [0.717, 1.165) is 12.2 Å². The van der Waals surface area contributed by atoms with Gasteiger partial charge in [-0.2, -0.15) is 0 Å². The fourth-order valence-electron chi connectivity index (χ4n) is 2.00. The van der Waals surface area contributed by atoms with Crippen molar-refractivity contribution in [1.29, 1.82) is 0 Å². The third-order valence-electron chi connectivity index (χ3n) is 3.08. The van der Waals surface area contributed by atoms with Crippen LogP contribution in [-0.4, -0.2) is 49.7 Å². The van der Waals surface area contributed by atoms with Gasteiger partial charge in [0.2, 0.25) is 0 Å². The van der Waals surface area contributed by atoms with Gasteiger partial charge in [-0.15, -0.1) is 0 Å². The summed E-state index contributed by atoms with van der Waals surface area (Å²) in [7, 11) is 1.29. The third-order valence-corrected chi connectivity index (χ3v) is 3.08. The van der Waals surface area contributed by atoms with Gasteiger partial charge in [0, 0.05) is 13.0 Å². The Morgan fingerprint density at radius 2 is 2.26 bits per heavy atom. The van der Waals surface area contributed by atoms with Gasteiger partial charge in [-0.25, -0.2) is 4.79 Å². The minimum Gasteiger partial charge on any atom is -0.467 e. The van der Waals surface area contributed by atoms with E-state index < -0.39 is 12.0 Å². The maximum Gasteiger partial charge on any atom is 0.331 e. The molecule has 19 heavy (non-hydrogen) atoms. The number of amides is 1. The molecule has 1 amide bonds. The first kappa shape index (κ1) is 13.6. The van der Waals surface area contributed by atoms with E-state index in [1.807, 2.05) is 6.92 Å². The number of ether oxygens (including phenoxy) is 2. The van der Waals surface area contributed by atoms with Crippen LogP contribution < -0.4 is 0 Å². The standard InChI is InChI=1S/C13H17NO5/c1-3-9-4-5-11(19-9)12(15)14-6-7-18-8-10(14)13(16)17-2/h4-5,10H,3,6-8H2,1-2H3. The first-order chi connectivity index (χ1) is 9.17. The summed E-state index contributed by atoms with van der Waals surface area (Å²) in [5.41, 5.74) is 0. The van der Waals surface area contributed by atoms with Gasteiger partial charge in [0.15, 0.2) is 11.8 Å². The van der Waals surface area contributed by atoms with Gasteiger partial charge in [-0.1, -0.05) is 6.92 Å². The molecular formula is C13H17NO5. The lowest BCUT2D eigenvalue weighted by atomic mass is 10.2. The Labute approximate surface area is 111 Å². The molecule has 2 heterocycles. The van der Waals surface area contributed by atoms with E-state index in [4.69, 9.17) is 9.15 Å². The zero-order valence-corrected chi connectivity index (χ0v) is 11.0. The molecule has 0 bridgehead atoms. The van der Waals surface area contributed by atoms with Crippen LogP contribution in [0, 0.1) is 0 Å². The third kappa shape index (κ3) is 2.78. The molecule has 0 aliphatic carbocycles.